The maximum absolute atomic E-state index is 5.12. The van der Waals surface area contributed by atoms with Gasteiger partial charge < -0.3 is 20.3 Å². The van der Waals surface area contributed by atoms with Crippen LogP contribution >= 0.6 is 0 Å². The van der Waals surface area contributed by atoms with Gasteiger partial charge in [-0.2, -0.15) is 4.98 Å². The fourth-order valence-corrected chi connectivity index (χ4v) is 3.41. The third-order valence-corrected chi connectivity index (χ3v) is 4.66. The zero-order chi connectivity index (χ0) is 15.9. The maximum Gasteiger partial charge on any atom is 0.224 e. The number of hydrogen-bond donors (Lipinski definition) is 2. The number of aromatic nitrogens is 2. The van der Waals surface area contributed by atoms with Gasteiger partial charge in [0.25, 0.3) is 0 Å². The Morgan fingerprint density at radius 2 is 1.87 bits per heavy atom. The monoisotopic (exact) mass is 319 g/mol. The van der Waals surface area contributed by atoms with Gasteiger partial charge in [-0.15, -0.1) is 0 Å². The van der Waals surface area contributed by atoms with Crippen molar-refractivity contribution in [3.63, 3.8) is 0 Å². The lowest BCUT2D eigenvalue weighted by Gasteiger charge is -2.25. The van der Waals surface area contributed by atoms with Gasteiger partial charge in [-0.05, 0) is 25.8 Å². The van der Waals surface area contributed by atoms with Crippen molar-refractivity contribution in [1.29, 1.82) is 0 Å². The van der Waals surface area contributed by atoms with Crippen molar-refractivity contribution in [2.45, 2.75) is 38.5 Å². The lowest BCUT2D eigenvalue weighted by Crippen LogP contribution is -2.28. The van der Waals surface area contributed by atoms with E-state index in [-0.39, 0.29) is 0 Å². The summed E-state index contributed by atoms with van der Waals surface area (Å²) in [7, 11) is 1.72. The number of nitrogens with one attached hydrogen (secondary N) is 2. The molecule has 3 rings (SSSR count). The van der Waals surface area contributed by atoms with Crippen LogP contribution in [0.25, 0.3) is 0 Å². The lowest BCUT2D eigenvalue weighted by molar-refractivity contribution is 0.210. The molecule has 6 heteroatoms. The largest absolute Gasteiger partial charge is 0.383 e. The molecule has 2 aliphatic heterocycles. The Kier molecular flexibility index (Phi) is 6.05. The molecule has 0 aliphatic carbocycles. The molecule has 1 aromatic rings. The Bertz CT molecular complexity index is 500. The molecule has 128 valence electrons. The number of ether oxygens (including phenoxy) is 1. The lowest BCUT2D eigenvalue weighted by atomic mass is 10.1. The smallest absolute Gasteiger partial charge is 0.224 e. The number of nitrogens with zero attached hydrogens (tertiary/aromatic N) is 3. The minimum absolute atomic E-state index is 0.668. The van der Waals surface area contributed by atoms with E-state index in [2.05, 4.69) is 15.5 Å². The van der Waals surface area contributed by atoms with Crippen LogP contribution in [0.15, 0.2) is 0 Å². The second-order valence-electron chi connectivity index (χ2n) is 6.37. The fourth-order valence-electron chi connectivity index (χ4n) is 3.41. The predicted molar refractivity (Wildman–Crippen MR) is 93.4 cm³/mol. The molecule has 2 aliphatic rings. The predicted octanol–water partition coefficient (Wildman–Crippen LogP) is 1.60. The molecule has 0 atom stereocenters. The van der Waals surface area contributed by atoms with E-state index in [0.29, 0.717) is 6.61 Å². The molecule has 0 spiro atoms. The highest BCUT2D eigenvalue weighted by Gasteiger charge is 2.21. The van der Waals surface area contributed by atoms with Gasteiger partial charge in [0.1, 0.15) is 5.82 Å². The van der Waals surface area contributed by atoms with E-state index < -0.39 is 0 Å². The van der Waals surface area contributed by atoms with E-state index in [9.17, 15) is 0 Å². The Hall–Kier alpha value is -1.40. The van der Waals surface area contributed by atoms with E-state index in [1.807, 2.05) is 0 Å². The Morgan fingerprint density at radius 3 is 2.65 bits per heavy atom. The number of methoxy groups -OCH3 is 1. The summed E-state index contributed by atoms with van der Waals surface area (Å²) < 4.78 is 5.12. The maximum atomic E-state index is 5.12. The fraction of sp³-hybridized carbons (Fsp3) is 0.765. The third-order valence-electron chi connectivity index (χ3n) is 4.66. The van der Waals surface area contributed by atoms with Crippen LogP contribution in [0.4, 0.5) is 11.8 Å². The van der Waals surface area contributed by atoms with Gasteiger partial charge in [0.15, 0.2) is 0 Å². The minimum atomic E-state index is 0.668. The summed E-state index contributed by atoms with van der Waals surface area (Å²) in [5, 5.41) is 6.80. The van der Waals surface area contributed by atoms with Gasteiger partial charge in [0, 0.05) is 45.3 Å². The first-order valence-corrected chi connectivity index (χ1v) is 8.97. The van der Waals surface area contributed by atoms with Gasteiger partial charge in [0.05, 0.1) is 12.3 Å². The topological polar surface area (TPSA) is 62.3 Å². The quantitative estimate of drug-likeness (QED) is 0.804. The summed E-state index contributed by atoms with van der Waals surface area (Å²) in [4.78, 5) is 12.2. The third kappa shape index (κ3) is 4.32. The van der Waals surface area contributed by atoms with Crippen LogP contribution in [0, 0.1) is 0 Å². The highest BCUT2D eigenvalue weighted by molar-refractivity contribution is 5.53. The standard InChI is InChI=1S/C17H29N5O/c1-23-13-10-19-17-20-15-7-9-18-8-6-14(15)16(21-17)22-11-4-2-3-5-12-22/h18H,2-13H2,1H3,(H,19,20,21). The SMILES string of the molecule is COCCNc1nc2c(c(N3CCCCCC3)n1)CCNCC2. The van der Waals surface area contributed by atoms with Crippen LogP contribution in [0.5, 0.6) is 0 Å². The highest BCUT2D eigenvalue weighted by atomic mass is 16.5. The van der Waals surface area contributed by atoms with Crippen molar-refractivity contribution in [3.05, 3.63) is 11.3 Å². The molecule has 1 aromatic heterocycles. The van der Waals surface area contributed by atoms with Gasteiger partial charge in [-0.3, -0.25) is 0 Å². The van der Waals surface area contributed by atoms with E-state index in [0.717, 1.165) is 51.5 Å². The molecule has 0 bridgehead atoms. The van der Waals surface area contributed by atoms with E-state index in [1.54, 1.807) is 7.11 Å². The highest BCUT2D eigenvalue weighted by Crippen LogP contribution is 2.27. The summed E-state index contributed by atoms with van der Waals surface area (Å²) >= 11 is 0. The zero-order valence-electron chi connectivity index (χ0n) is 14.2. The van der Waals surface area contributed by atoms with Gasteiger partial charge in [-0.25, -0.2) is 4.98 Å². The Morgan fingerprint density at radius 1 is 1.09 bits per heavy atom. The minimum Gasteiger partial charge on any atom is -0.383 e. The van der Waals surface area contributed by atoms with Gasteiger partial charge >= 0.3 is 0 Å². The van der Waals surface area contributed by atoms with Crippen LogP contribution in [-0.4, -0.2) is 56.4 Å². The van der Waals surface area contributed by atoms with Crippen LogP contribution in [0.2, 0.25) is 0 Å². The number of hydrogen-bond acceptors (Lipinski definition) is 6. The van der Waals surface area contributed by atoms with E-state index in [4.69, 9.17) is 14.7 Å². The molecule has 1 saturated heterocycles. The molecular formula is C17H29N5O. The molecule has 1 fully saturated rings. The Balaban J connectivity index is 1.88. The molecule has 0 saturated carbocycles. The van der Waals surface area contributed by atoms with Crippen molar-refractivity contribution in [2.24, 2.45) is 0 Å². The first kappa shape index (κ1) is 16.5. The summed E-state index contributed by atoms with van der Waals surface area (Å²) in [6.45, 7) is 5.67. The molecule has 6 nitrogen and oxygen atoms in total. The van der Waals surface area contributed by atoms with E-state index in [1.165, 1.54) is 42.8 Å². The van der Waals surface area contributed by atoms with Crippen molar-refractivity contribution >= 4 is 11.8 Å². The summed E-state index contributed by atoms with van der Waals surface area (Å²) in [6.07, 6.45) is 7.22. The van der Waals surface area contributed by atoms with Crippen LogP contribution in [-0.2, 0) is 17.6 Å². The van der Waals surface area contributed by atoms with Crippen molar-refractivity contribution in [3.8, 4) is 0 Å². The summed E-state index contributed by atoms with van der Waals surface area (Å²) in [5.74, 6) is 1.92. The molecule has 2 N–H and O–H groups in total. The van der Waals surface area contributed by atoms with Gasteiger partial charge in [-0.1, -0.05) is 12.8 Å². The number of rotatable bonds is 5. The first-order chi connectivity index (χ1) is 11.4. The molecule has 3 heterocycles. The van der Waals surface area contributed by atoms with E-state index >= 15 is 0 Å². The number of anilines is 2. The Labute approximate surface area is 139 Å². The molecule has 0 amide bonds. The van der Waals surface area contributed by atoms with Crippen LogP contribution in [0.1, 0.15) is 36.9 Å². The van der Waals surface area contributed by atoms with Crippen molar-refractivity contribution in [2.75, 3.05) is 56.7 Å². The van der Waals surface area contributed by atoms with Crippen molar-refractivity contribution < 1.29 is 4.74 Å². The summed E-state index contributed by atoms with van der Waals surface area (Å²) in [5.41, 5.74) is 2.57. The van der Waals surface area contributed by atoms with Crippen molar-refractivity contribution in [1.82, 2.24) is 15.3 Å². The molecule has 0 radical (unpaired) electrons. The zero-order valence-corrected chi connectivity index (χ0v) is 14.2. The molecule has 23 heavy (non-hydrogen) atoms. The van der Waals surface area contributed by atoms with Gasteiger partial charge in [0.2, 0.25) is 5.95 Å². The second kappa shape index (κ2) is 8.45. The first-order valence-electron chi connectivity index (χ1n) is 8.97. The molecule has 0 unspecified atom stereocenters. The summed E-state index contributed by atoms with van der Waals surface area (Å²) in [6, 6.07) is 0. The number of fused-ring (bicyclic) bond motifs is 1. The normalized spacial score (nSPS) is 18.9. The molecular weight excluding hydrogens is 290 g/mol. The van der Waals surface area contributed by atoms with Crippen LogP contribution < -0.4 is 15.5 Å². The molecule has 0 aromatic carbocycles. The average molecular weight is 319 g/mol. The average Bonchev–Trinajstić information content (AvgIpc) is 2.97. The van der Waals surface area contributed by atoms with Crippen LogP contribution in [0.3, 0.4) is 0 Å². The second-order valence-corrected chi connectivity index (χ2v) is 6.37.